The first-order valence-corrected chi connectivity index (χ1v) is 10.5. The Morgan fingerprint density at radius 3 is 2.90 bits per heavy atom. The zero-order chi connectivity index (χ0) is 21.6. The molecule has 1 aromatic carbocycles. The fourth-order valence-electron chi connectivity index (χ4n) is 3.46. The summed E-state index contributed by atoms with van der Waals surface area (Å²) in [4.78, 5) is 2.76. The third-order valence-electron chi connectivity index (χ3n) is 5.06. The molecule has 31 heavy (non-hydrogen) atoms. The number of anilines is 1. The van der Waals surface area contributed by atoms with E-state index >= 15 is 0 Å². The van der Waals surface area contributed by atoms with E-state index in [-0.39, 0.29) is 23.8 Å². The first-order valence-electron chi connectivity index (χ1n) is 9.53. The van der Waals surface area contributed by atoms with Gasteiger partial charge in [0.25, 0.3) is 5.89 Å². The smallest absolute Gasteiger partial charge is 0.250 e. The van der Waals surface area contributed by atoms with Crippen LogP contribution in [0.1, 0.15) is 23.7 Å². The minimum atomic E-state index is -1.52. The summed E-state index contributed by atoms with van der Waals surface area (Å²) in [5.41, 5.74) is 1.29. The number of aromatic nitrogens is 6. The number of rotatable bonds is 5. The Balaban J connectivity index is 1.39. The number of nitrogens with zero attached hydrogens (tertiary/aromatic N) is 6. The van der Waals surface area contributed by atoms with E-state index in [1.165, 1.54) is 17.8 Å². The average molecular weight is 443 g/mol. The van der Waals surface area contributed by atoms with Crippen LogP contribution in [0.2, 0.25) is 0 Å². The Morgan fingerprint density at radius 2 is 2.19 bits per heavy atom. The zero-order valence-electron chi connectivity index (χ0n) is 16.4. The summed E-state index contributed by atoms with van der Waals surface area (Å²) in [6, 6.07) is 4.71. The normalized spacial score (nSPS) is 21.1. The third-order valence-corrected chi connectivity index (χ3v) is 6.40. The quantitative estimate of drug-likeness (QED) is 0.420. The van der Waals surface area contributed by atoms with Gasteiger partial charge in [0, 0.05) is 25.9 Å². The van der Waals surface area contributed by atoms with Crippen molar-refractivity contribution in [1.82, 2.24) is 29.8 Å². The second kappa shape index (κ2) is 7.55. The van der Waals surface area contributed by atoms with Gasteiger partial charge in [-0.1, -0.05) is 6.07 Å². The highest BCUT2D eigenvalue weighted by atomic mass is 32.2. The van der Waals surface area contributed by atoms with Gasteiger partial charge in [-0.15, -0.1) is 32.2 Å². The topological polar surface area (TPSA) is 134 Å². The predicted molar refractivity (Wildman–Crippen MR) is 110 cm³/mol. The van der Waals surface area contributed by atoms with Crippen LogP contribution in [0.4, 0.5) is 10.2 Å². The number of aliphatic hydroxyl groups excluding tert-OH is 1. The van der Waals surface area contributed by atoms with E-state index in [1.54, 1.807) is 35.9 Å². The van der Waals surface area contributed by atoms with Gasteiger partial charge in [0.2, 0.25) is 11.5 Å². The van der Waals surface area contributed by atoms with Gasteiger partial charge in [-0.2, -0.15) is 0 Å². The highest BCUT2D eigenvalue weighted by Crippen LogP contribution is 2.43. The predicted octanol–water partition coefficient (Wildman–Crippen LogP) is 1.88. The van der Waals surface area contributed by atoms with Crippen molar-refractivity contribution in [1.29, 1.82) is 0 Å². The number of thioether (sulfide) groups is 1. The zero-order valence-corrected chi connectivity index (χ0v) is 17.2. The van der Waals surface area contributed by atoms with Gasteiger partial charge in [0.1, 0.15) is 11.9 Å². The summed E-state index contributed by atoms with van der Waals surface area (Å²) in [5.74, 6) is 1.29. The SMILES string of the molecule is Cc1nnc(-c2ccc(CNc3nccn4c([C@]5(O)SCC[C@H]5O)nnc34)cc2F)o1. The number of hydrogen-bond donors (Lipinski definition) is 3. The van der Waals surface area contributed by atoms with Crippen LogP contribution in [0.5, 0.6) is 0 Å². The van der Waals surface area contributed by atoms with Gasteiger partial charge in [0.15, 0.2) is 16.6 Å². The van der Waals surface area contributed by atoms with E-state index < -0.39 is 16.9 Å². The molecule has 1 aliphatic heterocycles. The van der Waals surface area contributed by atoms with Crippen LogP contribution in [0.15, 0.2) is 35.0 Å². The number of aryl methyl sites for hydroxylation is 1. The van der Waals surface area contributed by atoms with E-state index in [1.807, 2.05) is 0 Å². The molecule has 0 spiro atoms. The molecule has 4 aromatic rings. The van der Waals surface area contributed by atoms with Crippen LogP contribution in [-0.2, 0) is 11.5 Å². The van der Waals surface area contributed by atoms with Crippen molar-refractivity contribution in [2.45, 2.75) is 30.9 Å². The van der Waals surface area contributed by atoms with E-state index in [4.69, 9.17) is 4.42 Å². The minimum absolute atomic E-state index is 0.127. The molecule has 10 nitrogen and oxygen atoms in total. The van der Waals surface area contributed by atoms with Crippen molar-refractivity contribution in [2.75, 3.05) is 11.1 Å². The van der Waals surface area contributed by atoms with Crippen molar-refractivity contribution < 1.29 is 19.0 Å². The third kappa shape index (κ3) is 3.42. The lowest BCUT2D eigenvalue weighted by molar-refractivity contribution is -0.00840. The molecule has 1 saturated heterocycles. The number of halogens is 1. The summed E-state index contributed by atoms with van der Waals surface area (Å²) < 4.78 is 21.4. The molecule has 1 aliphatic rings. The average Bonchev–Trinajstić information content (AvgIpc) is 3.46. The van der Waals surface area contributed by atoms with Crippen molar-refractivity contribution in [3.63, 3.8) is 0 Å². The maximum atomic E-state index is 14.5. The first kappa shape index (κ1) is 19.8. The standard InChI is InChI=1S/C19H18FN7O3S/c1-10-23-25-17(30-10)12-3-2-11(8-13(12)20)9-22-15-16-24-26-18(27(16)6-5-21-15)19(29)14(28)4-7-31-19/h2-3,5-6,8,14,28-29H,4,7,9H2,1H3,(H,21,22)/t14-,19-/m1/s1. The van der Waals surface area contributed by atoms with Gasteiger partial charge in [-0.25, -0.2) is 9.37 Å². The Hall–Kier alpha value is -3.09. The number of fused-ring (bicyclic) bond motifs is 1. The van der Waals surface area contributed by atoms with Crippen molar-refractivity contribution in [3.05, 3.63) is 53.7 Å². The summed E-state index contributed by atoms with van der Waals surface area (Å²) in [6.45, 7) is 1.91. The molecule has 0 radical (unpaired) electrons. The second-order valence-electron chi connectivity index (χ2n) is 7.14. The molecule has 0 aliphatic carbocycles. The lowest BCUT2D eigenvalue weighted by atomic mass is 10.1. The van der Waals surface area contributed by atoms with Crippen LogP contribution >= 0.6 is 11.8 Å². The lowest BCUT2D eigenvalue weighted by Crippen LogP contribution is -2.33. The lowest BCUT2D eigenvalue weighted by Gasteiger charge is -2.23. The molecule has 0 amide bonds. The number of aliphatic hydroxyl groups is 2. The molecule has 2 atom stereocenters. The molecule has 5 rings (SSSR count). The molecule has 0 saturated carbocycles. The molecule has 0 bridgehead atoms. The molecule has 3 N–H and O–H groups in total. The summed E-state index contributed by atoms with van der Waals surface area (Å²) in [7, 11) is 0. The van der Waals surface area contributed by atoms with Crippen molar-refractivity contribution in [3.8, 4) is 11.5 Å². The van der Waals surface area contributed by atoms with Gasteiger partial charge in [-0.05, 0) is 29.9 Å². The molecular weight excluding hydrogens is 425 g/mol. The maximum Gasteiger partial charge on any atom is 0.250 e. The number of benzene rings is 1. The van der Waals surface area contributed by atoms with Crippen LogP contribution < -0.4 is 5.32 Å². The van der Waals surface area contributed by atoms with Crippen LogP contribution in [0.3, 0.4) is 0 Å². The minimum Gasteiger partial charge on any atom is -0.421 e. The van der Waals surface area contributed by atoms with Crippen LogP contribution in [0.25, 0.3) is 17.1 Å². The Kier molecular flexibility index (Phi) is 4.84. The van der Waals surface area contributed by atoms with Crippen molar-refractivity contribution in [2.24, 2.45) is 0 Å². The van der Waals surface area contributed by atoms with Crippen molar-refractivity contribution >= 4 is 23.2 Å². The molecular formula is C19H18FN7O3S. The molecule has 0 unspecified atom stereocenters. The molecule has 4 heterocycles. The summed E-state index contributed by atoms with van der Waals surface area (Å²) in [6.07, 6.45) is 2.70. The van der Waals surface area contributed by atoms with Gasteiger partial charge >= 0.3 is 0 Å². The number of nitrogens with one attached hydrogen (secondary N) is 1. The van der Waals surface area contributed by atoms with E-state index in [9.17, 15) is 14.6 Å². The highest BCUT2D eigenvalue weighted by molar-refractivity contribution is 8.00. The molecule has 160 valence electrons. The Morgan fingerprint density at radius 1 is 1.32 bits per heavy atom. The summed E-state index contributed by atoms with van der Waals surface area (Å²) in [5, 5.41) is 40.0. The van der Waals surface area contributed by atoms with E-state index in [2.05, 4.69) is 30.7 Å². The van der Waals surface area contributed by atoms with Crippen LogP contribution in [-0.4, -0.2) is 51.8 Å². The second-order valence-corrected chi connectivity index (χ2v) is 8.46. The largest absolute Gasteiger partial charge is 0.421 e. The van der Waals surface area contributed by atoms with Crippen LogP contribution in [0, 0.1) is 12.7 Å². The Labute approximate surface area is 179 Å². The fraction of sp³-hybridized carbons (Fsp3) is 0.316. The van der Waals surface area contributed by atoms with Gasteiger partial charge in [-0.3, -0.25) is 4.40 Å². The maximum absolute atomic E-state index is 14.5. The van der Waals surface area contributed by atoms with E-state index in [0.717, 1.165) is 0 Å². The molecule has 3 aromatic heterocycles. The molecule has 1 fully saturated rings. The number of hydrogen-bond acceptors (Lipinski definition) is 10. The summed E-state index contributed by atoms with van der Waals surface area (Å²) >= 11 is 1.23. The van der Waals surface area contributed by atoms with Gasteiger partial charge in [0.05, 0.1) is 5.56 Å². The fourth-order valence-corrected chi connectivity index (χ4v) is 4.69. The van der Waals surface area contributed by atoms with Gasteiger partial charge < -0.3 is 19.9 Å². The highest BCUT2D eigenvalue weighted by Gasteiger charge is 2.46. The monoisotopic (exact) mass is 443 g/mol. The Bertz CT molecular complexity index is 1260. The van der Waals surface area contributed by atoms with E-state index in [0.29, 0.717) is 35.1 Å². The molecule has 12 heteroatoms. The first-order chi connectivity index (χ1) is 15.0.